The molecule has 0 bridgehead atoms. The first-order valence-corrected chi connectivity index (χ1v) is 6.91. The van der Waals surface area contributed by atoms with Crippen molar-refractivity contribution < 1.29 is 0 Å². The van der Waals surface area contributed by atoms with Crippen LogP contribution in [0.2, 0.25) is 0 Å². The molecule has 0 saturated carbocycles. The van der Waals surface area contributed by atoms with E-state index in [2.05, 4.69) is 45.1 Å². The Labute approximate surface area is 106 Å². The van der Waals surface area contributed by atoms with E-state index in [1.807, 2.05) is 0 Å². The number of hydrogen-bond donors (Lipinski definition) is 1. The van der Waals surface area contributed by atoms with Crippen molar-refractivity contribution in [2.24, 2.45) is 0 Å². The predicted octanol–water partition coefficient (Wildman–Crippen LogP) is 3.72. The van der Waals surface area contributed by atoms with Crippen molar-refractivity contribution in [3.63, 3.8) is 0 Å². The van der Waals surface area contributed by atoms with Crippen molar-refractivity contribution in [1.29, 1.82) is 0 Å². The lowest BCUT2D eigenvalue weighted by Crippen LogP contribution is -2.24. The van der Waals surface area contributed by atoms with Crippen molar-refractivity contribution in [3.05, 3.63) is 34.4 Å². The summed E-state index contributed by atoms with van der Waals surface area (Å²) >= 11 is 0. The van der Waals surface area contributed by atoms with Gasteiger partial charge in [0, 0.05) is 6.04 Å². The van der Waals surface area contributed by atoms with Gasteiger partial charge in [-0.05, 0) is 67.8 Å². The fraction of sp³-hybridized carbons (Fsp3) is 0.625. The molecule has 1 aliphatic heterocycles. The average Bonchev–Trinajstić information content (AvgIpc) is 2.77. The Morgan fingerprint density at radius 1 is 1.29 bits per heavy atom. The minimum Gasteiger partial charge on any atom is -0.314 e. The van der Waals surface area contributed by atoms with Crippen molar-refractivity contribution in [3.8, 4) is 0 Å². The molecule has 1 heteroatoms. The molecular formula is C16H25N. The van der Waals surface area contributed by atoms with Gasteiger partial charge in [0.2, 0.25) is 0 Å². The van der Waals surface area contributed by atoms with Gasteiger partial charge in [-0.2, -0.15) is 0 Å². The van der Waals surface area contributed by atoms with Crippen molar-refractivity contribution in [2.45, 2.75) is 58.9 Å². The molecule has 0 aromatic heterocycles. The fourth-order valence-electron chi connectivity index (χ4n) is 2.70. The average molecular weight is 231 g/mol. The summed E-state index contributed by atoms with van der Waals surface area (Å²) in [4.78, 5) is 0. The van der Waals surface area contributed by atoms with Crippen LogP contribution < -0.4 is 5.32 Å². The van der Waals surface area contributed by atoms with E-state index in [0.29, 0.717) is 12.0 Å². The molecule has 1 nitrogen and oxygen atoms in total. The number of benzene rings is 1. The smallest absolute Gasteiger partial charge is 0.0108 e. The van der Waals surface area contributed by atoms with Crippen LogP contribution in [-0.2, 0) is 6.42 Å². The van der Waals surface area contributed by atoms with Gasteiger partial charge >= 0.3 is 0 Å². The second kappa shape index (κ2) is 5.22. The van der Waals surface area contributed by atoms with E-state index in [1.54, 1.807) is 5.56 Å². The standard InChI is InChI=1S/C16H25N/c1-11(2)14-8-12(3)13(4)15(9-14)10-16-6-5-7-17-16/h8-9,11,16-17H,5-7,10H2,1-4H3. The Hall–Kier alpha value is -0.820. The monoisotopic (exact) mass is 231 g/mol. The number of rotatable bonds is 3. The number of nitrogens with one attached hydrogen (secondary N) is 1. The summed E-state index contributed by atoms with van der Waals surface area (Å²) in [5, 5.41) is 3.60. The Kier molecular flexibility index (Phi) is 3.88. The number of hydrogen-bond acceptors (Lipinski definition) is 1. The Bertz CT molecular complexity index is 387. The molecule has 1 saturated heterocycles. The maximum atomic E-state index is 3.60. The van der Waals surface area contributed by atoms with Crippen LogP contribution >= 0.6 is 0 Å². The third kappa shape index (κ3) is 2.90. The minimum absolute atomic E-state index is 0.629. The second-order valence-electron chi connectivity index (χ2n) is 5.77. The zero-order valence-electron chi connectivity index (χ0n) is 11.6. The molecule has 1 atom stereocenters. The van der Waals surface area contributed by atoms with E-state index in [9.17, 15) is 0 Å². The molecule has 94 valence electrons. The molecule has 0 amide bonds. The summed E-state index contributed by atoms with van der Waals surface area (Å²) in [6.07, 6.45) is 3.88. The molecule has 1 aromatic rings. The van der Waals surface area contributed by atoms with Gasteiger partial charge in [0.1, 0.15) is 0 Å². The third-order valence-corrected chi connectivity index (χ3v) is 4.09. The van der Waals surface area contributed by atoms with Crippen LogP contribution in [0.4, 0.5) is 0 Å². The molecule has 0 spiro atoms. The second-order valence-corrected chi connectivity index (χ2v) is 5.77. The van der Waals surface area contributed by atoms with Gasteiger partial charge in [-0.25, -0.2) is 0 Å². The first kappa shape index (κ1) is 12.6. The first-order valence-electron chi connectivity index (χ1n) is 6.91. The van der Waals surface area contributed by atoms with Gasteiger partial charge in [0.25, 0.3) is 0 Å². The maximum absolute atomic E-state index is 3.60. The summed E-state index contributed by atoms with van der Waals surface area (Å²) in [5.41, 5.74) is 5.97. The van der Waals surface area contributed by atoms with Gasteiger partial charge in [-0.1, -0.05) is 26.0 Å². The molecule has 1 fully saturated rings. The summed E-state index contributed by atoms with van der Waals surface area (Å²) in [6, 6.07) is 5.48. The van der Waals surface area contributed by atoms with Crippen LogP contribution in [0.25, 0.3) is 0 Å². The summed E-state index contributed by atoms with van der Waals surface area (Å²) in [6.45, 7) is 10.3. The Balaban J connectivity index is 2.24. The highest BCUT2D eigenvalue weighted by molar-refractivity contribution is 5.39. The van der Waals surface area contributed by atoms with E-state index >= 15 is 0 Å². The van der Waals surface area contributed by atoms with Crippen LogP contribution in [0.5, 0.6) is 0 Å². The summed E-state index contributed by atoms with van der Waals surface area (Å²) < 4.78 is 0. The molecule has 1 aliphatic rings. The summed E-state index contributed by atoms with van der Waals surface area (Å²) in [7, 11) is 0. The van der Waals surface area contributed by atoms with Crippen LogP contribution in [0.3, 0.4) is 0 Å². The fourth-order valence-corrected chi connectivity index (χ4v) is 2.70. The molecule has 1 heterocycles. The van der Waals surface area contributed by atoms with Crippen LogP contribution in [0.1, 0.15) is 54.9 Å². The molecular weight excluding hydrogens is 206 g/mol. The third-order valence-electron chi connectivity index (χ3n) is 4.09. The van der Waals surface area contributed by atoms with E-state index < -0.39 is 0 Å². The van der Waals surface area contributed by atoms with Crippen LogP contribution in [-0.4, -0.2) is 12.6 Å². The molecule has 2 rings (SSSR count). The van der Waals surface area contributed by atoms with Crippen LogP contribution in [0, 0.1) is 13.8 Å². The molecule has 0 radical (unpaired) electrons. The first-order chi connectivity index (χ1) is 8.08. The Morgan fingerprint density at radius 2 is 2.06 bits per heavy atom. The van der Waals surface area contributed by atoms with Crippen molar-refractivity contribution in [2.75, 3.05) is 6.54 Å². The predicted molar refractivity (Wildman–Crippen MR) is 74.7 cm³/mol. The molecule has 0 aliphatic carbocycles. The molecule has 1 aromatic carbocycles. The maximum Gasteiger partial charge on any atom is 0.0108 e. The minimum atomic E-state index is 0.629. The Morgan fingerprint density at radius 3 is 2.65 bits per heavy atom. The SMILES string of the molecule is Cc1cc(C(C)C)cc(CC2CCCN2)c1C. The summed E-state index contributed by atoms with van der Waals surface area (Å²) in [5.74, 6) is 0.629. The van der Waals surface area contributed by atoms with E-state index in [1.165, 1.54) is 42.5 Å². The lowest BCUT2D eigenvalue weighted by molar-refractivity contribution is 0.600. The quantitative estimate of drug-likeness (QED) is 0.836. The number of aryl methyl sites for hydroxylation is 1. The topological polar surface area (TPSA) is 12.0 Å². The van der Waals surface area contributed by atoms with Gasteiger partial charge in [-0.15, -0.1) is 0 Å². The van der Waals surface area contributed by atoms with Gasteiger partial charge < -0.3 is 5.32 Å². The van der Waals surface area contributed by atoms with Crippen molar-refractivity contribution in [1.82, 2.24) is 5.32 Å². The van der Waals surface area contributed by atoms with Gasteiger partial charge in [-0.3, -0.25) is 0 Å². The highest BCUT2D eigenvalue weighted by Gasteiger charge is 2.16. The van der Waals surface area contributed by atoms with E-state index in [0.717, 1.165) is 0 Å². The van der Waals surface area contributed by atoms with E-state index in [4.69, 9.17) is 0 Å². The molecule has 1 N–H and O–H groups in total. The molecule has 17 heavy (non-hydrogen) atoms. The highest BCUT2D eigenvalue weighted by Crippen LogP contribution is 2.24. The lowest BCUT2D eigenvalue weighted by Gasteiger charge is -2.17. The normalized spacial score (nSPS) is 20.2. The highest BCUT2D eigenvalue weighted by atomic mass is 14.9. The van der Waals surface area contributed by atoms with Gasteiger partial charge in [0.05, 0.1) is 0 Å². The lowest BCUT2D eigenvalue weighted by atomic mass is 9.91. The largest absolute Gasteiger partial charge is 0.314 e. The zero-order valence-corrected chi connectivity index (χ0v) is 11.6. The molecule has 1 unspecified atom stereocenters. The zero-order chi connectivity index (χ0) is 12.4. The van der Waals surface area contributed by atoms with Crippen molar-refractivity contribution >= 4 is 0 Å². The van der Waals surface area contributed by atoms with E-state index in [-0.39, 0.29) is 0 Å². The van der Waals surface area contributed by atoms with Gasteiger partial charge in [0.15, 0.2) is 0 Å². The van der Waals surface area contributed by atoms with Crippen LogP contribution in [0.15, 0.2) is 12.1 Å².